The van der Waals surface area contributed by atoms with E-state index in [1.165, 1.54) is 24.4 Å². The summed E-state index contributed by atoms with van der Waals surface area (Å²) in [5.74, 6) is -3.69. The number of esters is 1. The molecule has 2 atom stereocenters. The molecule has 0 saturated carbocycles. The van der Waals surface area contributed by atoms with Crippen LogP contribution < -0.4 is 5.73 Å². The van der Waals surface area contributed by atoms with Crippen LogP contribution in [0.15, 0.2) is 24.4 Å². The summed E-state index contributed by atoms with van der Waals surface area (Å²) in [5, 5.41) is 0. The molecular formula is C24H26ClF2N3O4. The molecule has 2 heterocycles. The first-order chi connectivity index (χ1) is 15.9. The molecule has 2 aromatic rings. The number of ether oxygens (including phenoxy) is 1. The van der Waals surface area contributed by atoms with E-state index in [0.717, 1.165) is 4.90 Å². The van der Waals surface area contributed by atoms with Crippen LogP contribution in [-0.2, 0) is 20.2 Å². The van der Waals surface area contributed by atoms with Gasteiger partial charge in [-0.3, -0.25) is 19.4 Å². The molecule has 7 nitrogen and oxygen atoms in total. The highest BCUT2D eigenvalue weighted by Crippen LogP contribution is 2.41. The van der Waals surface area contributed by atoms with Crippen LogP contribution in [0.4, 0.5) is 8.78 Å². The van der Waals surface area contributed by atoms with Crippen molar-refractivity contribution in [1.29, 1.82) is 0 Å². The summed E-state index contributed by atoms with van der Waals surface area (Å²) < 4.78 is 35.7. The van der Waals surface area contributed by atoms with E-state index in [1.807, 2.05) is 0 Å². The lowest BCUT2D eigenvalue weighted by atomic mass is 9.98. The topological polar surface area (TPSA) is 103 Å². The van der Waals surface area contributed by atoms with Crippen molar-refractivity contribution in [1.82, 2.24) is 9.88 Å². The van der Waals surface area contributed by atoms with Gasteiger partial charge < -0.3 is 15.4 Å². The van der Waals surface area contributed by atoms with Crippen molar-refractivity contribution in [3.8, 4) is 11.3 Å². The van der Waals surface area contributed by atoms with Crippen LogP contribution in [0.3, 0.4) is 0 Å². The molecule has 0 spiro atoms. The van der Waals surface area contributed by atoms with Gasteiger partial charge in [-0.2, -0.15) is 0 Å². The standard InChI is InChI=1S/C24H26ClF2N3O4/c1-12-18-14(5-6-15(20(18)27)21-19(26)13(11-25)9-10-29-21)23(33)30(12)16(22(28)32)7-8-17(31)34-24(2,3)4/h5-6,9-10,12,16H,7-8,11H2,1-4H3,(H2,28,32). The fourth-order valence-corrected chi connectivity index (χ4v) is 4.28. The Bertz CT molecular complexity index is 1150. The van der Waals surface area contributed by atoms with Crippen molar-refractivity contribution in [2.75, 3.05) is 0 Å². The summed E-state index contributed by atoms with van der Waals surface area (Å²) >= 11 is 5.75. The third-order valence-corrected chi connectivity index (χ3v) is 5.84. The van der Waals surface area contributed by atoms with Crippen molar-refractivity contribution in [2.45, 2.75) is 64.1 Å². The minimum absolute atomic E-state index is 0.00324. The Kier molecular flexibility index (Phi) is 7.26. The Morgan fingerprint density at radius 1 is 1.21 bits per heavy atom. The van der Waals surface area contributed by atoms with E-state index in [-0.39, 0.29) is 46.7 Å². The molecule has 1 aromatic heterocycles. The van der Waals surface area contributed by atoms with Gasteiger partial charge in [0.1, 0.15) is 23.2 Å². The van der Waals surface area contributed by atoms with Gasteiger partial charge in [-0.25, -0.2) is 8.78 Å². The summed E-state index contributed by atoms with van der Waals surface area (Å²) in [6.45, 7) is 6.67. The van der Waals surface area contributed by atoms with Crippen molar-refractivity contribution in [3.63, 3.8) is 0 Å². The second-order valence-corrected chi connectivity index (χ2v) is 9.35. The molecule has 0 saturated heterocycles. The first-order valence-electron chi connectivity index (χ1n) is 10.7. The Morgan fingerprint density at radius 2 is 1.85 bits per heavy atom. The molecule has 2 unspecified atom stereocenters. The van der Waals surface area contributed by atoms with Crippen LogP contribution in [-0.4, -0.2) is 39.3 Å². The number of alkyl halides is 1. The zero-order chi connectivity index (χ0) is 25.4. The summed E-state index contributed by atoms with van der Waals surface area (Å²) in [4.78, 5) is 42.6. The van der Waals surface area contributed by atoms with Crippen LogP contribution in [0.2, 0.25) is 0 Å². The van der Waals surface area contributed by atoms with Gasteiger partial charge in [0.2, 0.25) is 5.91 Å². The van der Waals surface area contributed by atoms with Crippen molar-refractivity contribution >= 4 is 29.4 Å². The fraction of sp³-hybridized carbons (Fsp3) is 0.417. The minimum atomic E-state index is -1.17. The monoisotopic (exact) mass is 493 g/mol. The van der Waals surface area contributed by atoms with E-state index in [0.29, 0.717) is 0 Å². The molecule has 10 heteroatoms. The first-order valence-corrected chi connectivity index (χ1v) is 11.3. The lowest BCUT2D eigenvalue weighted by molar-refractivity contribution is -0.155. The maximum absolute atomic E-state index is 15.6. The molecule has 182 valence electrons. The molecule has 2 amide bonds. The van der Waals surface area contributed by atoms with Crippen LogP contribution in [0.5, 0.6) is 0 Å². The Labute approximate surface area is 201 Å². The lowest BCUT2D eigenvalue weighted by Gasteiger charge is -2.30. The number of primary amides is 1. The molecule has 0 fully saturated rings. The molecule has 0 radical (unpaired) electrons. The zero-order valence-corrected chi connectivity index (χ0v) is 20.1. The number of benzene rings is 1. The Balaban J connectivity index is 1.95. The third kappa shape index (κ3) is 4.89. The number of amides is 2. The number of carbonyl (C=O) groups is 3. The normalized spacial score (nSPS) is 16.4. The molecule has 1 aliphatic rings. The predicted molar refractivity (Wildman–Crippen MR) is 122 cm³/mol. The van der Waals surface area contributed by atoms with E-state index in [4.69, 9.17) is 22.1 Å². The summed E-state index contributed by atoms with van der Waals surface area (Å²) in [5.41, 5.74) is 4.67. The minimum Gasteiger partial charge on any atom is -0.460 e. The maximum Gasteiger partial charge on any atom is 0.306 e. The molecular weight excluding hydrogens is 468 g/mol. The lowest BCUT2D eigenvalue weighted by Crippen LogP contribution is -2.46. The van der Waals surface area contributed by atoms with E-state index >= 15 is 4.39 Å². The molecule has 0 bridgehead atoms. The summed E-state index contributed by atoms with van der Waals surface area (Å²) in [6, 6.07) is 1.98. The molecule has 0 aliphatic carbocycles. The number of hydrogen-bond acceptors (Lipinski definition) is 5. The summed E-state index contributed by atoms with van der Waals surface area (Å²) in [7, 11) is 0. The fourth-order valence-electron chi connectivity index (χ4n) is 4.08. The molecule has 1 aromatic carbocycles. The van der Waals surface area contributed by atoms with E-state index in [1.54, 1.807) is 27.7 Å². The zero-order valence-electron chi connectivity index (χ0n) is 19.3. The van der Waals surface area contributed by atoms with Gasteiger partial charge in [0.15, 0.2) is 5.82 Å². The van der Waals surface area contributed by atoms with E-state index < -0.39 is 47.1 Å². The van der Waals surface area contributed by atoms with Crippen molar-refractivity contribution in [2.24, 2.45) is 5.73 Å². The molecule has 34 heavy (non-hydrogen) atoms. The molecule has 1 aliphatic heterocycles. The van der Waals surface area contributed by atoms with Crippen molar-refractivity contribution < 1.29 is 27.9 Å². The van der Waals surface area contributed by atoms with Crippen molar-refractivity contribution in [3.05, 3.63) is 52.7 Å². The number of hydrogen-bond donors (Lipinski definition) is 1. The average Bonchev–Trinajstić information content (AvgIpc) is 2.99. The SMILES string of the molecule is CC1c2c(ccc(-c3nccc(CCl)c3F)c2F)C(=O)N1C(CCC(=O)OC(C)(C)C)C(N)=O. The Hall–Kier alpha value is -3.07. The number of halogens is 3. The second-order valence-electron chi connectivity index (χ2n) is 9.09. The van der Waals surface area contributed by atoms with Gasteiger partial charge >= 0.3 is 5.97 Å². The highest BCUT2D eigenvalue weighted by molar-refractivity contribution is 6.17. The highest BCUT2D eigenvalue weighted by atomic mass is 35.5. The van der Waals surface area contributed by atoms with Crippen LogP contribution in [0, 0.1) is 11.6 Å². The van der Waals surface area contributed by atoms with E-state index in [9.17, 15) is 18.8 Å². The number of nitrogens with two attached hydrogens (primary N) is 1. The average molecular weight is 494 g/mol. The van der Waals surface area contributed by atoms with E-state index in [2.05, 4.69) is 4.98 Å². The highest BCUT2D eigenvalue weighted by Gasteiger charge is 2.43. The van der Waals surface area contributed by atoms with Crippen LogP contribution in [0.1, 0.15) is 68.1 Å². The number of rotatable bonds is 7. The molecule has 3 rings (SSSR count). The number of fused-ring (bicyclic) bond motifs is 1. The van der Waals surface area contributed by atoms with Gasteiger partial charge in [-0.1, -0.05) is 0 Å². The van der Waals surface area contributed by atoms with Gasteiger partial charge in [0.25, 0.3) is 5.91 Å². The predicted octanol–water partition coefficient (Wildman–Crippen LogP) is 4.26. The van der Waals surface area contributed by atoms with Gasteiger partial charge in [0, 0.05) is 34.9 Å². The number of aromatic nitrogens is 1. The summed E-state index contributed by atoms with van der Waals surface area (Å²) in [6.07, 6.45) is 1.08. The largest absolute Gasteiger partial charge is 0.460 e. The van der Waals surface area contributed by atoms with Gasteiger partial charge in [0.05, 0.1) is 11.9 Å². The smallest absolute Gasteiger partial charge is 0.306 e. The number of nitrogens with zero attached hydrogens (tertiary/aromatic N) is 2. The van der Waals surface area contributed by atoms with Gasteiger partial charge in [-0.05, 0) is 52.3 Å². The quantitative estimate of drug-likeness (QED) is 0.458. The molecule has 2 N–H and O–H groups in total. The van der Waals surface area contributed by atoms with Crippen LogP contribution >= 0.6 is 11.6 Å². The first kappa shape index (κ1) is 25.6. The maximum atomic E-state index is 15.6. The number of carbonyl (C=O) groups excluding carboxylic acids is 3. The number of pyridine rings is 1. The van der Waals surface area contributed by atoms with Crippen LogP contribution in [0.25, 0.3) is 11.3 Å². The van der Waals surface area contributed by atoms with Gasteiger partial charge in [-0.15, -0.1) is 11.6 Å². The third-order valence-electron chi connectivity index (χ3n) is 5.55. The Morgan fingerprint density at radius 3 is 2.44 bits per heavy atom. The second kappa shape index (κ2) is 9.66.